The van der Waals surface area contributed by atoms with Crippen LogP contribution in [-0.4, -0.2) is 36.5 Å². The third-order valence-corrected chi connectivity index (χ3v) is 4.99. The van der Waals surface area contributed by atoms with Gasteiger partial charge in [-0.15, -0.1) is 0 Å². The molecule has 0 unspecified atom stereocenters. The highest BCUT2D eigenvalue weighted by Crippen LogP contribution is 2.28. The molecule has 0 saturated carbocycles. The quantitative estimate of drug-likeness (QED) is 0.914. The molecule has 2 fully saturated rings. The Bertz CT molecular complexity index is 676. The van der Waals surface area contributed by atoms with Crippen molar-refractivity contribution in [1.82, 2.24) is 10.2 Å². The van der Waals surface area contributed by atoms with Gasteiger partial charge in [-0.2, -0.15) is 0 Å². The predicted octanol–water partition coefficient (Wildman–Crippen LogP) is 2.20. The van der Waals surface area contributed by atoms with Crippen molar-refractivity contribution < 1.29 is 4.79 Å². The minimum atomic E-state index is 0.280. The third kappa shape index (κ3) is 2.22. The number of fused-ring (bicyclic) bond motifs is 2. The highest BCUT2D eigenvalue weighted by atomic mass is 16.2. The van der Waals surface area contributed by atoms with E-state index >= 15 is 0 Å². The van der Waals surface area contributed by atoms with E-state index in [2.05, 4.69) is 40.5 Å². The van der Waals surface area contributed by atoms with Gasteiger partial charge in [0.05, 0.1) is 6.42 Å². The van der Waals surface area contributed by atoms with Crippen molar-refractivity contribution in [1.29, 1.82) is 0 Å². The molecule has 2 heterocycles. The van der Waals surface area contributed by atoms with Gasteiger partial charge >= 0.3 is 0 Å². The van der Waals surface area contributed by atoms with Gasteiger partial charge in [-0.3, -0.25) is 4.79 Å². The Morgan fingerprint density at radius 3 is 2.95 bits per heavy atom. The normalized spacial score (nSPS) is 24.5. The molecule has 3 nitrogen and oxygen atoms in total. The first-order valence-corrected chi connectivity index (χ1v) is 7.80. The first kappa shape index (κ1) is 12.8. The average Bonchev–Trinajstić information content (AvgIpc) is 3.10. The minimum Gasteiger partial charge on any atom is -0.338 e. The first-order valence-electron chi connectivity index (χ1n) is 7.80. The molecule has 1 N–H and O–H groups in total. The fourth-order valence-electron chi connectivity index (χ4n) is 3.87. The molecule has 3 heteroatoms. The number of carbonyl (C=O) groups excluding carboxylic acids is 1. The number of amides is 1. The maximum Gasteiger partial charge on any atom is 0.227 e. The van der Waals surface area contributed by atoms with Crippen molar-refractivity contribution >= 4 is 16.7 Å². The summed E-state index contributed by atoms with van der Waals surface area (Å²) in [7, 11) is 0. The fourth-order valence-corrected chi connectivity index (χ4v) is 3.87. The molecule has 21 heavy (non-hydrogen) atoms. The summed E-state index contributed by atoms with van der Waals surface area (Å²) in [6.45, 7) is 2.97. The smallest absolute Gasteiger partial charge is 0.227 e. The third-order valence-electron chi connectivity index (χ3n) is 4.99. The summed E-state index contributed by atoms with van der Waals surface area (Å²) in [5, 5.41) is 5.82. The van der Waals surface area contributed by atoms with Crippen LogP contribution in [0.4, 0.5) is 0 Å². The van der Waals surface area contributed by atoms with Crippen LogP contribution in [0.15, 0.2) is 42.5 Å². The fraction of sp³-hybridized carbons (Fsp3) is 0.389. The molecule has 0 bridgehead atoms. The maximum absolute atomic E-state index is 12.7. The molecule has 0 aromatic heterocycles. The molecule has 2 aliphatic rings. The van der Waals surface area contributed by atoms with E-state index < -0.39 is 0 Å². The lowest BCUT2D eigenvalue weighted by Gasteiger charge is -2.23. The van der Waals surface area contributed by atoms with E-state index in [-0.39, 0.29) is 5.91 Å². The molecule has 2 aliphatic heterocycles. The SMILES string of the molecule is O=C(Cc1cccc2ccccc12)N1CC[C@H]2CNC[C@H]21. The Morgan fingerprint density at radius 2 is 2.00 bits per heavy atom. The maximum atomic E-state index is 12.7. The Balaban J connectivity index is 1.58. The number of nitrogens with zero attached hydrogens (tertiary/aromatic N) is 1. The van der Waals surface area contributed by atoms with Gasteiger partial charge in [0.15, 0.2) is 0 Å². The molecule has 2 aromatic carbocycles. The molecule has 2 aromatic rings. The Kier molecular flexibility index (Phi) is 3.15. The summed E-state index contributed by atoms with van der Waals surface area (Å²) in [4.78, 5) is 14.8. The van der Waals surface area contributed by atoms with Crippen molar-refractivity contribution in [2.75, 3.05) is 19.6 Å². The van der Waals surface area contributed by atoms with Crippen LogP contribution < -0.4 is 5.32 Å². The van der Waals surface area contributed by atoms with Crippen LogP contribution in [0, 0.1) is 5.92 Å². The Morgan fingerprint density at radius 1 is 1.14 bits per heavy atom. The van der Waals surface area contributed by atoms with Crippen LogP contribution >= 0.6 is 0 Å². The summed E-state index contributed by atoms with van der Waals surface area (Å²) < 4.78 is 0. The molecule has 0 radical (unpaired) electrons. The molecule has 2 atom stereocenters. The second-order valence-electron chi connectivity index (χ2n) is 6.18. The first-order chi connectivity index (χ1) is 10.3. The van der Waals surface area contributed by atoms with E-state index in [4.69, 9.17) is 0 Å². The largest absolute Gasteiger partial charge is 0.338 e. The van der Waals surface area contributed by atoms with Crippen molar-refractivity contribution in [2.45, 2.75) is 18.9 Å². The Labute approximate surface area is 124 Å². The second kappa shape index (κ2) is 5.15. The zero-order valence-corrected chi connectivity index (χ0v) is 12.1. The van der Waals surface area contributed by atoms with Crippen LogP contribution in [0.2, 0.25) is 0 Å². The number of benzene rings is 2. The van der Waals surface area contributed by atoms with E-state index in [1.54, 1.807) is 0 Å². The molecule has 0 aliphatic carbocycles. The summed E-state index contributed by atoms with van der Waals surface area (Å²) in [6, 6.07) is 15.0. The predicted molar refractivity (Wildman–Crippen MR) is 84.1 cm³/mol. The van der Waals surface area contributed by atoms with Crippen molar-refractivity contribution in [3.63, 3.8) is 0 Å². The summed E-state index contributed by atoms with van der Waals surface area (Å²) >= 11 is 0. The molecular weight excluding hydrogens is 260 g/mol. The number of likely N-dealkylation sites (tertiary alicyclic amines) is 1. The van der Waals surface area contributed by atoms with E-state index in [9.17, 15) is 4.79 Å². The summed E-state index contributed by atoms with van der Waals surface area (Å²) in [5.41, 5.74) is 1.15. The highest BCUT2D eigenvalue weighted by molar-refractivity contribution is 5.90. The van der Waals surface area contributed by atoms with Crippen molar-refractivity contribution in [2.24, 2.45) is 5.92 Å². The van der Waals surface area contributed by atoms with Gasteiger partial charge in [-0.05, 0) is 28.7 Å². The van der Waals surface area contributed by atoms with Crippen molar-refractivity contribution in [3.05, 3.63) is 48.0 Å². The number of rotatable bonds is 2. The minimum absolute atomic E-state index is 0.280. The van der Waals surface area contributed by atoms with Crippen LogP contribution in [0.25, 0.3) is 10.8 Å². The highest BCUT2D eigenvalue weighted by Gasteiger charge is 2.39. The second-order valence-corrected chi connectivity index (χ2v) is 6.18. The number of nitrogens with one attached hydrogen (secondary N) is 1. The lowest BCUT2D eigenvalue weighted by Crippen LogP contribution is -2.39. The summed E-state index contributed by atoms with van der Waals surface area (Å²) in [5.74, 6) is 0.948. The topological polar surface area (TPSA) is 32.3 Å². The summed E-state index contributed by atoms with van der Waals surface area (Å²) in [6.07, 6.45) is 1.67. The van der Waals surface area contributed by atoms with E-state index in [1.807, 2.05) is 12.1 Å². The van der Waals surface area contributed by atoms with Gasteiger partial charge in [0.2, 0.25) is 5.91 Å². The van der Waals surface area contributed by atoms with Crippen LogP contribution in [0.1, 0.15) is 12.0 Å². The van der Waals surface area contributed by atoms with Gasteiger partial charge in [0.25, 0.3) is 0 Å². The molecule has 2 saturated heterocycles. The van der Waals surface area contributed by atoms with Crippen LogP contribution in [-0.2, 0) is 11.2 Å². The molecule has 4 rings (SSSR count). The van der Waals surface area contributed by atoms with E-state index in [1.165, 1.54) is 10.8 Å². The van der Waals surface area contributed by atoms with Gasteiger partial charge in [0, 0.05) is 25.7 Å². The van der Waals surface area contributed by atoms with E-state index in [0.29, 0.717) is 18.4 Å². The zero-order chi connectivity index (χ0) is 14.2. The van der Waals surface area contributed by atoms with Gasteiger partial charge in [-0.1, -0.05) is 42.5 Å². The monoisotopic (exact) mass is 280 g/mol. The lowest BCUT2D eigenvalue weighted by molar-refractivity contribution is -0.131. The van der Waals surface area contributed by atoms with Gasteiger partial charge in [-0.25, -0.2) is 0 Å². The lowest BCUT2D eigenvalue weighted by atomic mass is 10.0. The number of carbonyl (C=O) groups is 1. The molecule has 0 spiro atoms. The average molecular weight is 280 g/mol. The van der Waals surface area contributed by atoms with Crippen LogP contribution in [0.5, 0.6) is 0 Å². The molecule has 108 valence electrons. The molecular formula is C18H20N2O. The Hall–Kier alpha value is -1.87. The van der Waals surface area contributed by atoms with Gasteiger partial charge in [0.1, 0.15) is 0 Å². The number of hydrogen-bond acceptors (Lipinski definition) is 2. The van der Waals surface area contributed by atoms with Crippen LogP contribution in [0.3, 0.4) is 0 Å². The number of hydrogen-bond donors (Lipinski definition) is 1. The van der Waals surface area contributed by atoms with Gasteiger partial charge < -0.3 is 10.2 Å². The van der Waals surface area contributed by atoms with Crippen molar-refractivity contribution in [3.8, 4) is 0 Å². The van der Waals surface area contributed by atoms with E-state index in [0.717, 1.165) is 31.6 Å². The standard InChI is InChI=1S/C18H20N2O/c21-18(20-9-8-15-11-19-12-17(15)20)10-14-6-3-5-13-4-1-2-7-16(13)14/h1-7,15,17,19H,8-12H2/t15-,17+/m0/s1. The molecule has 1 amide bonds. The zero-order valence-electron chi connectivity index (χ0n) is 12.1.